The number of carbonyl (C=O) groups is 2. The summed E-state index contributed by atoms with van der Waals surface area (Å²) in [4.78, 5) is 33.3. The van der Waals surface area contributed by atoms with Crippen LogP contribution in [-0.2, 0) is 14.3 Å². The Balaban J connectivity index is 1.53. The van der Waals surface area contributed by atoms with Crippen molar-refractivity contribution in [2.75, 3.05) is 32.9 Å². The maximum absolute atomic E-state index is 12.9. The number of aryl methyl sites for hydroxylation is 1. The van der Waals surface area contributed by atoms with Gasteiger partial charge in [0.15, 0.2) is 0 Å². The summed E-state index contributed by atoms with van der Waals surface area (Å²) in [5, 5.41) is 0. The molecule has 0 radical (unpaired) electrons. The summed E-state index contributed by atoms with van der Waals surface area (Å²) < 4.78 is 11.2. The van der Waals surface area contributed by atoms with Crippen molar-refractivity contribution >= 4 is 11.8 Å². The third kappa shape index (κ3) is 3.02. The Kier molecular flexibility index (Phi) is 4.43. The normalized spacial score (nSPS) is 27.5. The standard InChI is InChI=1S/C18H23N3O4/c1-12-3-2-6-19-17(12)18(23)20-9-14-15(10-20)25-11-16(22)21(14)13-4-7-24-8-5-13/h2-3,6,13-15H,4-5,7-11H2,1H3/t14-,15-/m0/s1. The fourth-order valence-electron chi connectivity index (χ4n) is 4.09. The van der Waals surface area contributed by atoms with Crippen molar-refractivity contribution in [2.45, 2.75) is 38.0 Å². The van der Waals surface area contributed by atoms with Gasteiger partial charge < -0.3 is 19.3 Å². The zero-order chi connectivity index (χ0) is 17.4. The van der Waals surface area contributed by atoms with Gasteiger partial charge in [0.1, 0.15) is 12.3 Å². The molecule has 134 valence electrons. The molecule has 0 spiro atoms. The van der Waals surface area contributed by atoms with Gasteiger partial charge in [0, 0.05) is 38.5 Å². The molecular formula is C18H23N3O4. The van der Waals surface area contributed by atoms with E-state index in [-0.39, 0.29) is 36.6 Å². The molecule has 0 aromatic carbocycles. The van der Waals surface area contributed by atoms with E-state index in [1.807, 2.05) is 24.0 Å². The van der Waals surface area contributed by atoms with E-state index >= 15 is 0 Å². The van der Waals surface area contributed by atoms with Crippen LogP contribution < -0.4 is 0 Å². The van der Waals surface area contributed by atoms with Crippen molar-refractivity contribution in [3.8, 4) is 0 Å². The zero-order valence-corrected chi connectivity index (χ0v) is 14.4. The van der Waals surface area contributed by atoms with Crippen LogP contribution >= 0.6 is 0 Å². The minimum Gasteiger partial charge on any atom is -0.381 e. The predicted molar refractivity (Wildman–Crippen MR) is 89.1 cm³/mol. The molecule has 4 rings (SSSR count). The molecule has 3 fully saturated rings. The number of fused-ring (bicyclic) bond motifs is 1. The summed E-state index contributed by atoms with van der Waals surface area (Å²) >= 11 is 0. The number of morpholine rings is 1. The highest BCUT2D eigenvalue weighted by atomic mass is 16.5. The van der Waals surface area contributed by atoms with Crippen molar-refractivity contribution in [1.82, 2.24) is 14.8 Å². The first kappa shape index (κ1) is 16.5. The lowest BCUT2D eigenvalue weighted by atomic mass is 10.0. The second kappa shape index (κ2) is 6.72. The van der Waals surface area contributed by atoms with E-state index in [0.29, 0.717) is 32.0 Å². The monoisotopic (exact) mass is 345 g/mol. The molecule has 2 atom stereocenters. The van der Waals surface area contributed by atoms with E-state index in [1.54, 1.807) is 11.1 Å². The zero-order valence-electron chi connectivity index (χ0n) is 14.4. The van der Waals surface area contributed by atoms with E-state index in [4.69, 9.17) is 9.47 Å². The highest BCUT2D eigenvalue weighted by Gasteiger charge is 2.47. The van der Waals surface area contributed by atoms with Gasteiger partial charge in [-0.1, -0.05) is 6.07 Å². The highest BCUT2D eigenvalue weighted by molar-refractivity contribution is 5.94. The Morgan fingerprint density at radius 1 is 1.28 bits per heavy atom. The maximum atomic E-state index is 12.9. The molecule has 1 aromatic rings. The van der Waals surface area contributed by atoms with Crippen molar-refractivity contribution in [3.05, 3.63) is 29.6 Å². The Hall–Kier alpha value is -1.99. The summed E-state index contributed by atoms with van der Waals surface area (Å²) in [5.74, 6) is -0.0630. The number of carbonyl (C=O) groups excluding carboxylic acids is 2. The lowest BCUT2D eigenvalue weighted by Gasteiger charge is -2.43. The summed E-state index contributed by atoms with van der Waals surface area (Å²) in [5.41, 5.74) is 1.34. The number of ether oxygens (including phenoxy) is 2. The Morgan fingerprint density at radius 2 is 2.08 bits per heavy atom. The molecule has 0 bridgehead atoms. The second-order valence-corrected chi connectivity index (χ2v) is 6.94. The lowest BCUT2D eigenvalue weighted by Crippen LogP contribution is -2.58. The van der Waals surface area contributed by atoms with Crippen LogP contribution in [0.25, 0.3) is 0 Å². The fraction of sp³-hybridized carbons (Fsp3) is 0.611. The quantitative estimate of drug-likeness (QED) is 0.786. The molecule has 0 unspecified atom stereocenters. The third-order valence-electron chi connectivity index (χ3n) is 5.39. The minimum atomic E-state index is -0.117. The van der Waals surface area contributed by atoms with Gasteiger partial charge in [-0.15, -0.1) is 0 Å². The second-order valence-electron chi connectivity index (χ2n) is 6.94. The van der Waals surface area contributed by atoms with Crippen LogP contribution in [0.5, 0.6) is 0 Å². The molecule has 0 saturated carbocycles. The number of nitrogens with zero attached hydrogens (tertiary/aromatic N) is 3. The van der Waals surface area contributed by atoms with E-state index in [2.05, 4.69) is 4.98 Å². The molecule has 0 N–H and O–H groups in total. The van der Waals surface area contributed by atoms with Crippen LogP contribution in [-0.4, -0.2) is 77.7 Å². The Morgan fingerprint density at radius 3 is 2.84 bits per heavy atom. The van der Waals surface area contributed by atoms with Crippen LogP contribution in [0.4, 0.5) is 0 Å². The van der Waals surface area contributed by atoms with Gasteiger partial charge >= 0.3 is 0 Å². The van der Waals surface area contributed by atoms with E-state index in [9.17, 15) is 9.59 Å². The van der Waals surface area contributed by atoms with Crippen LogP contribution in [0.15, 0.2) is 18.3 Å². The molecule has 2 amide bonds. The average molecular weight is 345 g/mol. The molecular weight excluding hydrogens is 322 g/mol. The summed E-state index contributed by atoms with van der Waals surface area (Å²) in [6.07, 6.45) is 3.22. The van der Waals surface area contributed by atoms with Gasteiger partial charge in [-0.05, 0) is 31.4 Å². The van der Waals surface area contributed by atoms with Crippen molar-refractivity contribution in [1.29, 1.82) is 0 Å². The SMILES string of the molecule is Cc1cccnc1C(=O)N1C[C@@H]2OCC(=O)N(C3CCOCC3)[C@H]2C1. The van der Waals surface area contributed by atoms with Crippen LogP contribution in [0.3, 0.4) is 0 Å². The smallest absolute Gasteiger partial charge is 0.272 e. The first-order chi connectivity index (χ1) is 12.1. The number of aromatic nitrogens is 1. The minimum absolute atomic E-state index is 0.0245. The van der Waals surface area contributed by atoms with Gasteiger partial charge in [0.25, 0.3) is 5.91 Å². The topological polar surface area (TPSA) is 72.0 Å². The number of hydrogen-bond donors (Lipinski definition) is 0. The summed E-state index contributed by atoms with van der Waals surface area (Å²) in [7, 11) is 0. The molecule has 3 aliphatic heterocycles. The van der Waals surface area contributed by atoms with Gasteiger partial charge in [-0.25, -0.2) is 0 Å². The summed E-state index contributed by atoms with van der Waals surface area (Å²) in [6.45, 7) is 4.36. The van der Waals surface area contributed by atoms with Crippen LogP contribution in [0, 0.1) is 6.92 Å². The van der Waals surface area contributed by atoms with Crippen molar-refractivity contribution in [2.24, 2.45) is 0 Å². The summed E-state index contributed by atoms with van der Waals surface area (Å²) in [6, 6.07) is 3.82. The van der Waals surface area contributed by atoms with Gasteiger partial charge in [-0.2, -0.15) is 0 Å². The molecule has 1 aromatic heterocycles. The number of likely N-dealkylation sites (tertiary alicyclic amines) is 1. The first-order valence-corrected chi connectivity index (χ1v) is 8.86. The number of amides is 2. The van der Waals surface area contributed by atoms with Crippen molar-refractivity contribution < 1.29 is 19.1 Å². The van der Waals surface area contributed by atoms with E-state index in [1.165, 1.54) is 0 Å². The molecule has 3 aliphatic rings. The van der Waals surface area contributed by atoms with Gasteiger partial charge in [0.05, 0.1) is 12.1 Å². The number of rotatable bonds is 2. The fourth-order valence-corrected chi connectivity index (χ4v) is 4.09. The maximum Gasteiger partial charge on any atom is 0.272 e. The van der Waals surface area contributed by atoms with Gasteiger partial charge in [-0.3, -0.25) is 14.6 Å². The molecule has 0 aliphatic carbocycles. The Labute approximate surface area is 146 Å². The first-order valence-electron chi connectivity index (χ1n) is 8.86. The highest BCUT2D eigenvalue weighted by Crippen LogP contribution is 2.29. The molecule has 3 saturated heterocycles. The number of hydrogen-bond acceptors (Lipinski definition) is 5. The third-order valence-corrected chi connectivity index (χ3v) is 5.39. The molecule has 25 heavy (non-hydrogen) atoms. The van der Waals surface area contributed by atoms with Gasteiger partial charge in [0.2, 0.25) is 5.91 Å². The van der Waals surface area contributed by atoms with E-state index in [0.717, 1.165) is 18.4 Å². The van der Waals surface area contributed by atoms with Crippen LogP contribution in [0.2, 0.25) is 0 Å². The van der Waals surface area contributed by atoms with Crippen molar-refractivity contribution in [3.63, 3.8) is 0 Å². The molecule has 4 heterocycles. The van der Waals surface area contributed by atoms with Crippen LogP contribution in [0.1, 0.15) is 28.9 Å². The molecule has 7 nitrogen and oxygen atoms in total. The lowest BCUT2D eigenvalue weighted by molar-refractivity contribution is -0.159. The average Bonchev–Trinajstić information content (AvgIpc) is 3.06. The predicted octanol–water partition coefficient (Wildman–Crippen LogP) is 0.621. The number of pyridine rings is 1. The largest absolute Gasteiger partial charge is 0.381 e. The van der Waals surface area contributed by atoms with E-state index < -0.39 is 0 Å². The molecule has 7 heteroatoms. The Bertz CT molecular complexity index is 674.